The highest BCUT2D eigenvalue weighted by Crippen LogP contribution is 2.28. The van der Waals surface area contributed by atoms with Gasteiger partial charge in [-0.2, -0.15) is 0 Å². The molecule has 1 aliphatic rings. The monoisotopic (exact) mass is 219 g/mol. The SMILES string of the molecule is COc1ccc2c(c1)CCC(CN(C)C)C2. The Hall–Kier alpha value is -1.02. The Morgan fingerprint density at radius 3 is 2.81 bits per heavy atom. The fraction of sp³-hybridized carbons (Fsp3) is 0.571. The van der Waals surface area contributed by atoms with Crippen molar-refractivity contribution in [1.29, 1.82) is 0 Å². The third kappa shape index (κ3) is 2.56. The lowest BCUT2D eigenvalue weighted by molar-refractivity contribution is 0.302. The minimum absolute atomic E-state index is 0.816. The summed E-state index contributed by atoms with van der Waals surface area (Å²) in [6, 6.07) is 6.51. The average Bonchev–Trinajstić information content (AvgIpc) is 2.27. The number of methoxy groups -OCH3 is 1. The fourth-order valence-electron chi connectivity index (χ4n) is 2.61. The van der Waals surface area contributed by atoms with Crippen molar-refractivity contribution in [1.82, 2.24) is 4.90 Å². The summed E-state index contributed by atoms with van der Waals surface area (Å²) < 4.78 is 5.26. The summed E-state index contributed by atoms with van der Waals surface area (Å²) >= 11 is 0. The van der Waals surface area contributed by atoms with Gasteiger partial charge in [0.25, 0.3) is 0 Å². The minimum Gasteiger partial charge on any atom is -0.497 e. The Morgan fingerprint density at radius 2 is 2.12 bits per heavy atom. The molecule has 0 aromatic heterocycles. The largest absolute Gasteiger partial charge is 0.497 e. The third-order valence-corrected chi connectivity index (χ3v) is 3.37. The van der Waals surface area contributed by atoms with E-state index in [-0.39, 0.29) is 0 Å². The van der Waals surface area contributed by atoms with Gasteiger partial charge < -0.3 is 9.64 Å². The lowest BCUT2D eigenvalue weighted by atomic mass is 9.83. The maximum Gasteiger partial charge on any atom is 0.119 e. The lowest BCUT2D eigenvalue weighted by Crippen LogP contribution is -2.26. The molecule has 0 aliphatic heterocycles. The van der Waals surface area contributed by atoms with E-state index in [9.17, 15) is 0 Å². The molecule has 2 nitrogen and oxygen atoms in total. The van der Waals surface area contributed by atoms with E-state index >= 15 is 0 Å². The number of ether oxygens (including phenoxy) is 1. The molecule has 0 spiro atoms. The van der Waals surface area contributed by atoms with E-state index in [0.29, 0.717) is 0 Å². The van der Waals surface area contributed by atoms with Crippen LogP contribution in [-0.4, -0.2) is 32.6 Å². The second-order valence-corrected chi connectivity index (χ2v) is 5.01. The van der Waals surface area contributed by atoms with Gasteiger partial charge in [-0.3, -0.25) is 0 Å². The molecule has 0 heterocycles. The first kappa shape index (κ1) is 11.5. The molecule has 0 radical (unpaired) electrons. The highest BCUT2D eigenvalue weighted by molar-refractivity contribution is 5.37. The van der Waals surface area contributed by atoms with Crippen LogP contribution < -0.4 is 4.74 Å². The van der Waals surface area contributed by atoms with E-state index in [2.05, 4.69) is 37.2 Å². The van der Waals surface area contributed by atoms with Gasteiger partial charge in [-0.05, 0) is 62.5 Å². The number of nitrogens with zero attached hydrogens (tertiary/aromatic N) is 1. The van der Waals surface area contributed by atoms with Crippen LogP contribution in [0.15, 0.2) is 18.2 Å². The van der Waals surface area contributed by atoms with E-state index in [1.807, 2.05) is 0 Å². The van der Waals surface area contributed by atoms with Crippen LogP contribution in [0.25, 0.3) is 0 Å². The normalized spacial score (nSPS) is 19.6. The number of fused-ring (bicyclic) bond motifs is 1. The standard InChI is InChI=1S/C14H21NO/c1-15(2)10-11-4-5-13-9-14(16-3)7-6-12(13)8-11/h6-7,9,11H,4-5,8,10H2,1-3H3. The molecular weight excluding hydrogens is 198 g/mol. The zero-order chi connectivity index (χ0) is 11.5. The van der Waals surface area contributed by atoms with Gasteiger partial charge in [-0.25, -0.2) is 0 Å². The lowest BCUT2D eigenvalue weighted by Gasteiger charge is -2.27. The summed E-state index contributed by atoms with van der Waals surface area (Å²) in [4.78, 5) is 2.29. The topological polar surface area (TPSA) is 12.5 Å². The van der Waals surface area contributed by atoms with Gasteiger partial charge >= 0.3 is 0 Å². The summed E-state index contributed by atoms with van der Waals surface area (Å²) in [5.41, 5.74) is 2.99. The molecular formula is C14H21NO. The van der Waals surface area contributed by atoms with Crippen molar-refractivity contribution in [3.8, 4) is 5.75 Å². The first-order valence-corrected chi connectivity index (χ1v) is 5.99. The van der Waals surface area contributed by atoms with E-state index in [1.54, 1.807) is 7.11 Å². The van der Waals surface area contributed by atoms with Crippen molar-refractivity contribution < 1.29 is 4.74 Å². The van der Waals surface area contributed by atoms with Crippen LogP contribution in [0.1, 0.15) is 17.5 Å². The molecule has 0 saturated heterocycles. The molecule has 1 atom stereocenters. The van der Waals surface area contributed by atoms with Crippen molar-refractivity contribution in [2.24, 2.45) is 5.92 Å². The second-order valence-electron chi connectivity index (χ2n) is 5.01. The van der Waals surface area contributed by atoms with E-state index < -0.39 is 0 Å². The zero-order valence-electron chi connectivity index (χ0n) is 10.5. The molecule has 2 heteroatoms. The summed E-state index contributed by atoms with van der Waals surface area (Å²) in [5.74, 6) is 1.81. The van der Waals surface area contributed by atoms with Crippen LogP contribution >= 0.6 is 0 Å². The third-order valence-electron chi connectivity index (χ3n) is 3.37. The van der Waals surface area contributed by atoms with Crippen molar-refractivity contribution in [2.75, 3.05) is 27.7 Å². The summed E-state index contributed by atoms with van der Waals surface area (Å²) in [7, 11) is 6.05. The number of aryl methyl sites for hydroxylation is 1. The predicted octanol–water partition coefficient (Wildman–Crippen LogP) is 2.36. The van der Waals surface area contributed by atoms with Gasteiger partial charge in [0.1, 0.15) is 5.75 Å². The summed E-state index contributed by atoms with van der Waals surface area (Å²) in [6.07, 6.45) is 3.72. The Bertz CT molecular complexity index is 360. The number of hydrogen-bond donors (Lipinski definition) is 0. The molecule has 1 aliphatic carbocycles. The molecule has 0 N–H and O–H groups in total. The van der Waals surface area contributed by atoms with E-state index in [4.69, 9.17) is 4.74 Å². The molecule has 0 saturated carbocycles. The van der Waals surface area contributed by atoms with Gasteiger partial charge in [-0.1, -0.05) is 6.07 Å². The maximum atomic E-state index is 5.26. The van der Waals surface area contributed by atoms with Gasteiger partial charge in [0.2, 0.25) is 0 Å². The van der Waals surface area contributed by atoms with Gasteiger partial charge in [0.15, 0.2) is 0 Å². The van der Waals surface area contributed by atoms with Crippen molar-refractivity contribution in [3.63, 3.8) is 0 Å². The van der Waals surface area contributed by atoms with Crippen LogP contribution in [0.4, 0.5) is 0 Å². The number of hydrogen-bond acceptors (Lipinski definition) is 2. The average molecular weight is 219 g/mol. The Morgan fingerprint density at radius 1 is 1.31 bits per heavy atom. The summed E-state index contributed by atoms with van der Waals surface area (Å²) in [5, 5.41) is 0. The Balaban J connectivity index is 2.09. The van der Waals surface area contributed by atoms with Crippen LogP contribution in [0.3, 0.4) is 0 Å². The summed E-state index contributed by atoms with van der Waals surface area (Å²) in [6.45, 7) is 1.20. The van der Waals surface area contributed by atoms with Gasteiger partial charge in [0, 0.05) is 6.54 Å². The van der Waals surface area contributed by atoms with E-state index in [1.165, 1.54) is 36.9 Å². The van der Waals surface area contributed by atoms with Gasteiger partial charge in [-0.15, -0.1) is 0 Å². The molecule has 1 aromatic carbocycles. The first-order valence-electron chi connectivity index (χ1n) is 5.99. The molecule has 88 valence electrons. The minimum atomic E-state index is 0.816. The van der Waals surface area contributed by atoms with Crippen LogP contribution in [0, 0.1) is 5.92 Å². The predicted molar refractivity (Wildman–Crippen MR) is 67.1 cm³/mol. The smallest absolute Gasteiger partial charge is 0.119 e. The molecule has 0 fully saturated rings. The van der Waals surface area contributed by atoms with Crippen molar-refractivity contribution >= 4 is 0 Å². The molecule has 0 amide bonds. The Kier molecular flexibility index (Phi) is 3.49. The molecule has 0 bridgehead atoms. The highest BCUT2D eigenvalue weighted by atomic mass is 16.5. The highest BCUT2D eigenvalue weighted by Gasteiger charge is 2.19. The number of benzene rings is 1. The van der Waals surface area contributed by atoms with Crippen LogP contribution in [0.5, 0.6) is 5.75 Å². The fourth-order valence-corrected chi connectivity index (χ4v) is 2.61. The second kappa shape index (κ2) is 4.88. The van der Waals surface area contributed by atoms with Crippen LogP contribution in [-0.2, 0) is 12.8 Å². The maximum absolute atomic E-state index is 5.26. The van der Waals surface area contributed by atoms with E-state index in [0.717, 1.165) is 11.7 Å². The Labute approximate surface area is 98.2 Å². The van der Waals surface area contributed by atoms with Crippen molar-refractivity contribution in [3.05, 3.63) is 29.3 Å². The molecule has 2 rings (SSSR count). The molecule has 1 unspecified atom stereocenters. The van der Waals surface area contributed by atoms with Crippen molar-refractivity contribution in [2.45, 2.75) is 19.3 Å². The first-order chi connectivity index (χ1) is 7.69. The van der Waals surface area contributed by atoms with Gasteiger partial charge in [0.05, 0.1) is 7.11 Å². The zero-order valence-corrected chi connectivity index (χ0v) is 10.5. The molecule has 16 heavy (non-hydrogen) atoms. The quantitative estimate of drug-likeness (QED) is 0.774. The number of rotatable bonds is 3. The van der Waals surface area contributed by atoms with Crippen LogP contribution in [0.2, 0.25) is 0 Å². The molecule has 1 aromatic rings.